The highest BCUT2D eigenvalue weighted by Crippen LogP contribution is 2.03. The van der Waals surface area contributed by atoms with Gasteiger partial charge in [0, 0.05) is 12.7 Å². The van der Waals surface area contributed by atoms with Gasteiger partial charge in [-0.2, -0.15) is 5.10 Å². The van der Waals surface area contributed by atoms with Crippen LogP contribution in [0.4, 0.5) is 0 Å². The summed E-state index contributed by atoms with van der Waals surface area (Å²) in [6.45, 7) is 3.01. The molecule has 9 heavy (non-hydrogen) atoms. The van der Waals surface area contributed by atoms with E-state index in [-0.39, 0.29) is 0 Å². The number of rotatable bonds is 2. The molecule has 0 fully saturated rings. The van der Waals surface area contributed by atoms with Gasteiger partial charge >= 0.3 is 0 Å². The Kier molecular flexibility index (Phi) is 2.11. The van der Waals surface area contributed by atoms with Gasteiger partial charge in [0.2, 0.25) is 0 Å². The predicted molar refractivity (Wildman–Crippen MR) is 36.4 cm³/mol. The molecule has 0 saturated heterocycles. The molecule has 0 aliphatic rings. The summed E-state index contributed by atoms with van der Waals surface area (Å²) in [6, 6.07) is 0. The Bertz CT molecular complexity index is 183. The van der Waals surface area contributed by atoms with Crippen LogP contribution < -0.4 is 0 Å². The number of halogens is 1. The quantitative estimate of drug-likeness (QED) is 0.617. The third-order valence-corrected chi connectivity index (χ3v) is 1.18. The van der Waals surface area contributed by atoms with Gasteiger partial charge in [-0.1, -0.05) is 18.5 Å². The summed E-state index contributed by atoms with van der Waals surface area (Å²) in [5.41, 5.74) is 0. The van der Waals surface area contributed by atoms with E-state index in [9.17, 15) is 0 Å². The summed E-state index contributed by atoms with van der Waals surface area (Å²) in [6.07, 6.45) is 5.48. The smallest absolute Gasteiger partial charge is 0.133 e. The molecule has 1 aromatic heterocycles. The van der Waals surface area contributed by atoms with E-state index in [0.29, 0.717) is 5.02 Å². The Balaban J connectivity index is 2.61. The predicted octanol–water partition coefficient (Wildman–Crippen LogP) is 1.75. The molecule has 49 valence electrons. The fourth-order valence-corrected chi connectivity index (χ4v) is 0.795. The second-order valence-electron chi connectivity index (χ2n) is 1.85. The van der Waals surface area contributed by atoms with Gasteiger partial charge in [-0.05, 0) is 6.42 Å². The lowest BCUT2D eigenvalue weighted by Gasteiger charge is -1.92. The number of hydrogen-bond acceptors (Lipinski definition) is 1. The lowest BCUT2D eigenvalue weighted by Crippen LogP contribution is -1.95. The van der Waals surface area contributed by atoms with Crippen molar-refractivity contribution in [2.75, 3.05) is 0 Å². The Morgan fingerprint density at radius 3 is 3.11 bits per heavy atom. The molecule has 0 amide bonds. The van der Waals surface area contributed by atoms with Gasteiger partial charge in [-0.3, -0.25) is 4.68 Å². The topological polar surface area (TPSA) is 17.8 Å². The van der Waals surface area contributed by atoms with Crippen molar-refractivity contribution in [3.05, 3.63) is 17.4 Å². The Morgan fingerprint density at radius 2 is 2.67 bits per heavy atom. The van der Waals surface area contributed by atoms with Crippen LogP contribution in [0.3, 0.4) is 0 Å². The highest BCUT2D eigenvalue weighted by atomic mass is 35.5. The summed E-state index contributed by atoms with van der Waals surface area (Å²) >= 11 is 5.56. The third kappa shape index (κ3) is 1.72. The van der Waals surface area contributed by atoms with Crippen molar-refractivity contribution in [3.63, 3.8) is 0 Å². The minimum absolute atomic E-state index is 0.587. The van der Waals surface area contributed by atoms with Crippen LogP contribution in [0.2, 0.25) is 5.02 Å². The largest absolute Gasteiger partial charge is 0.271 e. The summed E-state index contributed by atoms with van der Waals surface area (Å²) in [7, 11) is 0. The molecule has 0 unspecified atom stereocenters. The molecular formula is C6H8ClN2. The van der Waals surface area contributed by atoms with Crippen molar-refractivity contribution < 1.29 is 0 Å². The van der Waals surface area contributed by atoms with Gasteiger partial charge in [-0.15, -0.1) is 0 Å². The third-order valence-electron chi connectivity index (χ3n) is 1.00. The standard InChI is InChI=1S/C6H8ClN2/c1-2-3-9-5-6(7)4-8-9/h5H,2-3H2,1H3. The highest BCUT2D eigenvalue weighted by Gasteiger charge is 1.91. The molecule has 0 aromatic carbocycles. The highest BCUT2D eigenvalue weighted by molar-refractivity contribution is 6.30. The first-order valence-electron chi connectivity index (χ1n) is 2.93. The van der Waals surface area contributed by atoms with Gasteiger partial charge < -0.3 is 0 Å². The fraction of sp³-hybridized carbons (Fsp3) is 0.500. The van der Waals surface area contributed by atoms with E-state index in [1.165, 1.54) is 0 Å². The Morgan fingerprint density at radius 1 is 1.89 bits per heavy atom. The number of aromatic nitrogens is 2. The molecule has 0 aliphatic heterocycles. The molecule has 1 heterocycles. The van der Waals surface area contributed by atoms with E-state index in [2.05, 4.69) is 18.2 Å². The van der Waals surface area contributed by atoms with Crippen molar-refractivity contribution in [2.24, 2.45) is 0 Å². The molecule has 0 spiro atoms. The van der Waals surface area contributed by atoms with E-state index in [1.807, 2.05) is 0 Å². The molecule has 0 N–H and O–H groups in total. The molecule has 0 aliphatic carbocycles. The van der Waals surface area contributed by atoms with Gasteiger partial charge in [0.25, 0.3) is 0 Å². The second kappa shape index (κ2) is 2.87. The average Bonchev–Trinajstić information content (AvgIpc) is 2.17. The summed E-state index contributed by atoms with van der Waals surface area (Å²) in [4.78, 5) is 0. The summed E-state index contributed by atoms with van der Waals surface area (Å²) < 4.78 is 1.78. The second-order valence-corrected chi connectivity index (χ2v) is 2.26. The number of aryl methyl sites for hydroxylation is 1. The van der Waals surface area contributed by atoms with Crippen molar-refractivity contribution in [1.82, 2.24) is 9.78 Å². The van der Waals surface area contributed by atoms with Crippen LogP contribution >= 0.6 is 11.6 Å². The van der Waals surface area contributed by atoms with Gasteiger partial charge in [0.05, 0.1) is 5.02 Å². The molecule has 1 aromatic rings. The normalized spacial score (nSPS) is 10.0. The van der Waals surface area contributed by atoms with E-state index in [1.54, 1.807) is 10.9 Å². The van der Waals surface area contributed by atoms with Gasteiger partial charge in [-0.25, -0.2) is 0 Å². The van der Waals surface area contributed by atoms with Crippen LogP contribution in [-0.4, -0.2) is 9.78 Å². The van der Waals surface area contributed by atoms with Crippen molar-refractivity contribution in [3.8, 4) is 0 Å². The molecule has 1 radical (unpaired) electrons. The first-order valence-corrected chi connectivity index (χ1v) is 3.31. The minimum Gasteiger partial charge on any atom is -0.271 e. The van der Waals surface area contributed by atoms with Crippen LogP contribution in [0, 0.1) is 6.20 Å². The fourth-order valence-electron chi connectivity index (χ4n) is 0.644. The van der Waals surface area contributed by atoms with Gasteiger partial charge in [0.15, 0.2) is 0 Å². The number of hydrogen-bond donors (Lipinski definition) is 0. The lowest BCUT2D eigenvalue weighted by atomic mass is 10.5. The lowest BCUT2D eigenvalue weighted by molar-refractivity contribution is 0.602. The Labute approximate surface area is 59.4 Å². The molecular weight excluding hydrogens is 136 g/mol. The van der Waals surface area contributed by atoms with E-state index < -0.39 is 0 Å². The maximum absolute atomic E-state index is 5.56. The zero-order valence-corrected chi connectivity index (χ0v) is 6.02. The summed E-state index contributed by atoms with van der Waals surface area (Å²) in [5.74, 6) is 0. The SMILES string of the molecule is CCCn1cc(Cl)[c]n1. The van der Waals surface area contributed by atoms with Crippen LogP contribution in [-0.2, 0) is 6.54 Å². The minimum atomic E-state index is 0.587. The van der Waals surface area contributed by atoms with Crippen LogP contribution in [0.25, 0.3) is 0 Å². The van der Waals surface area contributed by atoms with E-state index in [0.717, 1.165) is 13.0 Å². The van der Waals surface area contributed by atoms with Crippen LogP contribution in [0.15, 0.2) is 6.20 Å². The molecule has 0 bridgehead atoms. The average molecular weight is 144 g/mol. The monoisotopic (exact) mass is 143 g/mol. The molecule has 1 rings (SSSR count). The molecule has 3 heteroatoms. The van der Waals surface area contributed by atoms with E-state index >= 15 is 0 Å². The maximum Gasteiger partial charge on any atom is 0.133 e. The van der Waals surface area contributed by atoms with Crippen molar-refractivity contribution in [1.29, 1.82) is 0 Å². The van der Waals surface area contributed by atoms with Crippen LogP contribution in [0.5, 0.6) is 0 Å². The van der Waals surface area contributed by atoms with E-state index in [4.69, 9.17) is 11.6 Å². The van der Waals surface area contributed by atoms with Crippen LogP contribution in [0.1, 0.15) is 13.3 Å². The zero-order chi connectivity index (χ0) is 6.69. The zero-order valence-electron chi connectivity index (χ0n) is 5.26. The molecule has 0 atom stereocenters. The van der Waals surface area contributed by atoms with Crippen molar-refractivity contribution >= 4 is 11.6 Å². The Hall–Kier alpha value is -0.500. The maximum atomic E-state index is 5.56. The molecule has 0 saturated carbocycles. The summed E-state index contributed by atoms with van der Waals surface area (Å²) in [5, 5.41) is 4.45. The molecule has 2 nitrogen and oxygen atoms in total. The first kappa shape index (κ1) is 6.62. The van der Waals surface area contributed by atoms with Crippen molar-refractivity contribution in [2.45, 2.75) is 19.9 Å². The van der Waals surface area contributed by atoms with Gasteiger partial charge in [0.1, 0.15) is 6.20 Å². The number of nitrogens with zero attached hydrogens (tertiary/aromatic N) is 2. The first-order chi connectivity index (χ1) is 4.33.